The molecule has 180 valence electrons. The number of esters is 1. The molecule has 1 N–H and O–H groups in total. The smallest absolute Gasteiger partial charge is 0.329 e. The zero-order valence-corrected chi connectivity index (χ0v) is 20.1. The van der Waals surface area contributed by atoms with E-state index in [0.29, 0.717) is 5.56 Å². The second-order valence-electron chi connectivity index (χ2n) is 8.31. The predicted molar refractivity (Wildman–Crippen MR) is 136 cm³/mol. The van der Waals surface area contributed by atoms with Crippen LogP contribution in [0.4, 0.5) is 0 Å². The Bertz CT molecular complexity index is 1170. The van der Waals surface area contributed by atoms with Crippen LogP contribution in [0, 0.1) is 5.92 Å². The molecule has 0 fully saturated rings. The van der Waals surface area contributed by atoms with E-state index < -0.39 is 24.5 Å². The van der Waals surface area contributed by atoms with E-state index in [-0.39, 0.29) is 11.7 Å². The van der Waals surface area contributed by atoms with E-state index in [4.69, 9.17) is 9.47 Å². The molecule has 0 radical (unpaired) electrons. The molecule has 6 heteroatoms. The number of hydrogen-bond acceptors (Lipinski definition) is 5. The number of ether oxygens (including phenoxy) is 2. The molecule has 0 unspecified atom stereocenters. The summed E-state index contributed by atoms with van der Waals surface area (Å²) in [5.41, 5.74) is 3.30. The maximum Gasteiger partial charge on any atom is 0.329 e. The number of ketones is 1. The molecule has 0 aromatic heterocycles. The Hall–Kier alpha value is -4.19. The Kier molecular flexibility index (Phi) is 8.95. The molecule has 0 aliphatic heterocycles. The third-order valence-electron chi connectivity index (χ3n) is 5.42. The number of benzene rings is 3. The molecule has 0 bridgehead atoms. The molecule has 1 atom stereocenters. The summed E-state index contributed by atoms with van der Waals surface area (Å²) in [7, 11) is 1.58. The minimum Gasteiger partial charge on any atom is -0.497 e. The van der Waals surface area contributed by atoms with Crippen LogP contribution in [0.2, 0.25) is 0 Å². The van der Waals surface area contributed by atoms with Gasteiger partial charge in [0.2, 0.25) is 5.91 Å². The standard InChI is InChI=1S/C29H29NO5/c1-20(2)28(30-27(32)18-11-21-9-16-25(34-3)17-10-21)29(33)35-19-26(31)24-14-12-23(13-15-24)22-7-5-4-6-8-22/h4-18,20,28H,19H2,1-3H3,(H,30,32)/b18-11+/t28-/m1/s1. The first-order chi connectivity index (χ1) is 16.9. The van der Waals surface area contributed by atoms with Crippen LogP contribution in [0.15, 0.2) is 84.9 Å². The Balaban J connectivity index is 1.54. The van der Waals surface area contributed by atoms with Gasteiger partial charge in [-0.2, -0.15) is 0 Å². The zero-order valence-electron chi connectivity index (χ0n) is 20.1. The van der Waals surface area contributed by atoms with Crippen molar-refractivity contribution in [1.82, 2.24) is 5.32 Å². The van der Waals surface area contributed by atoms with Gasteiger partial charge in [-0.05, 0) is 40.8 Å². The Morgan fingerprint density at radius 3 is 2.09 bits per heavy atom. The monoisotopic (exact) mass is 471 g/mol. The average molecular weight is 472 g/mol. The first-order valence-corrected chi connectivity index (χ1v) is 11.4. The molecule has 3 aromatic carbocycles. The van der Waals surface area contributed by atoms with Gasteiger partial charge in [0.1, 0.15) is 11.8 Å². The van der Waals surface area contributed by atoms with E-state index in [9.17, 15) is 14.4 Å². The third-order valence-corrected chi connectivity index (χ3v) is 5.42. The van der Waals surface area contributed by atoms with Crippen molar-refractivity contribution in [2.75, 3.05) is 13.7 Å². The van der Waals surface area contributed by atoms with Crippen LogP contribution < -0.4 is 10.1 Å². The van der Waals surface area contributed by atoms with Gasteiger partial charge < -0.3 is 14.8 Å². The van der Waals surface area contributed by atoms with Crippen molar-refractivity contribution in [3.63, 3.8) is 0 Å². The Morgan fingerprint density at radius 2 is 1.49 bits per heavy atom. The lowest BCUT2D eigenvalue weighted by molar-refractivity contribution is -0.147. The molecule has 6 nitrogen and oxygen atoms in total. The molecular weight excluding hydrogens is 442 g/mol. The minimum absolute atomic E-state index is 0.221. The Morgan fingerprint density at radius 1 is 0.857 bits per heavy atom. The number of carbonyl (C=O) groups excluding carboxylic acids is 3. The highest BCUT2D eigenvalue weighted by Crippen LogP contribution is 2.19. The van der Waals surface area contributed by atoms with E-state index in [1.807, 2.05) is 54.6 Å². The van der Waals surface area contributed by atoms with Crippen molar-refractivity contribution in [2.45, 2.75) is 19.9 Å². The molecule has 1 amide bonds. The number of amides is 1. The van der Waals surface area contributed by atoms with Crippen LogP contribution in [-0.4, -0.2) is 37.4 Å². The van der Waals surface area contributed by atoms with Crippen LogP contribution in [0.3, 0.4) is 0 Å². The normalized spacial score (nSPS) is 11.8. The van der Waals surface area contributed by atoms with Crippen LogP contribution >= 0.6 is 0 Å². The van der Waals surface area contributed by atoms with Gasteiger partial charge >= 0.3 is 5.97 Å². The minimum atomic E-state index is -0.878. The molecule has 0 saturated carbocycles. The maximum atomic E-state index is 12.6. The number of rotatable bonds is 10. The van der Waals surface area contributed by atoms with Crippen molar-refractivity contribution < 1.29 is 23.9 Å². The van der Waals surface area contributed by atoms with Crippen molar-refractivity contribution in [2.24, 2.45) is 5.92 Å². The molecule has 3 rings (SSSR count). The van der Waals surface area contributed by atoms with Gasteiger partial charge in [-0.3, -0.25) is 9.59 Å². The summed E-state index contributed by atoms with van der Waals surface area (Å²) in [6.07, 6.45) is 2.99. The molecule has 35 heavy (non-hydrogen) atoms. The molecule has 0 aliphatic rings. The topological polar surface area (TPSA) is 81.7 Å². The van der Waals surface area contributed by atoms with Gasteiger partial charge in [-0.15, -0.1) is 0 Å². The number of methoxy groups -OCH3 is 1. The number of Topliss-reactive ketones (excluding diaryl/α,β-unsaturated/α-hetero) is 1. The van der Waals surface area contributed by atoms with Crippen molar-refractivity contribution >= 4 is 23.7 Å². The first kappa shape index (κ1) is 25.4. The second-order valence-corrected chi connectivity index (χ2v) is 8.31. The van der Waals surface area contributed by atoms with Gasteiger partial charge in [0.25, 0.3) is 0 Å². The van der Waals surface area contributed by atoms with Crippen molar-refractivity contribution in [3.05, 3.63) is 96.1 Å². The highest BCUT2D eigenvalue weighted by Gasteiger charge is 2.25. The molecule has 0 aliphatic carbocycles. The quantitative estimate of drug-likeness (QED) is 0.257. The SMILES string of the molecule is COc1ccc(/C=C/C(=O)N[C@@H](C(=O)OCC(=O)c2ccc(-c3ccccc3)cc2)C(C)C)cc1. The van der Waals surface area contributed by atoms with Gasteiger partial charge in [0.15, 0.2) is 12.4 Å². The first-order valence-electron chi connectivity index (χ1n) is 11.4. The fourth-order valence-electron chi connectivity index (χ4n) is 3.38. The highest BCUT2D eigenvalue weighted by atomic mass is 16.5. The lowest BCUT2D eigenvalue weighted by Gasteiger charge is -2.20. The fraction of sp³-hybridized carbons (Fsp3) is 0.207. The van der Waals surface area contributed by atoms with Crippen molar-refractivity contribution in [3.8, 4) is 16.9 Å². The summed E-state index contributed by atoms with van der Waals surface area (Å²) >= 11 is 0. The molecule has 3 aromatic rings. The van der Waals surface area contributed by atoms with E-state index in [1.165, 1.54) is 6.08 Å². The summed E-state index contributed by atoms with van der Waals surface area (Å²) in [4.78, 5) is 37.5. The summed E-state index contributed by atoms with van der Waals surface area (Å²) in [6.45, 7) is 3.19. The summed E-state index contributed by atoms with van der Waals surface area (Å²) < 4.78 is 10.4. The van der Waals surface area contributed by atoms with E-state index in [0.717, 1.165) is 22.4 Å². The summed E-state index contributed by atoms with van der Waals surface area (Å²) in [6, 6.07) is 23.3. The third kappa shape index (κ3) is 7.40. The largest absolute Gasteiger partial charge is 0.497 e. The molecular formula is C29H29NO5. The van der Waals surface area contributed by atoms with Crippen LogP contribution in [-0.2, 0) is 14.3 Å². The summed E-state index contributed by atoms with van der Waals surface area (Å²) in [5, 5.41) is 2.66. The Labute approximate surface area is 205 Å². The number of nitrogens with one attached hydrogen (secondary N) is 1. The lowest BCUT2D eigenvalue weighted by Crippen LogP contribution is -2.45. The number of carbonyl (C=O) groups is 3. The summed E-state index contributed by atoms with van der Waals surface area (Å²) in [5.74, 6) is -0.900. The van der Waals surface area contributed by atoms with E-state index in [1.54, 1.807) is 51.3 Å². The van der Waals surface area contributed by atoms with Gasteiger partial charge in [0.05, 0.1) is 7.11 Å². The lowest BCUT2D eigenvalue weighted by atomic mass is 10.0. The molecule has 0 heterocycles. The molecule has 0 spiro atoms. The van der Waals surface area contributed by atoms with Gasteiger partial charge in [-0.25, -0.2) is 4.79 Å². The highest BCUT2D eigenvalue weighted by molar-refractivity contribution is 5.99. The number of hydrogen-bond donors (Lipinski definition) is 1. The van der Waals surface area contributed by atoms with Crippen LogP contribution in [0.25, 0.3) is 17.2 Å². The van der Waals surface area contributed by atoms with E-state index in [2.05, 4.69) is 5.32 Å². The van der Waals surface area contributed by atoms with Crippen LogP contribution in [0.1, 0.15) is 29.8 Å². The van der Waals surface area contributed by atoms with Crippen molar-refractivity contribution in [1.29, 1.82) is 0 Å². The maximum absolute atomic E-state index is 12.6. The van der Waals surface area contributed by atoms with Gasteiger partial charge in [-0.1, -0.05) is 80.6 Å². The van der Waals surface area contributed by atoms with Crippen LogP contribution in [0.5, 0.6) is 5.75 Å². The fourth-order valence-corrected chi connectivity index (χ4v) is 3.38. The average Bonchev–Trinajstić information content (AvgIpc) is 2.89. The van der Waals surface area contributed by atoms with Gasteiger partial charge in [0, 0.05) is 11.6 Å². The van der Waals surface area contributed by atoms with E-state index >= 15 is 0 Å². The predicted octanol–water partition coefficient (Wildman–Crippen LogP) is 4.94. The molecule has 0 saturated heterocycles. The second kappa shape index (κ2) is 12.3. The zero-order chi connectivity index (χ0) is 25.2.